The van der Waals surface area contributed by atoms with Gasteiger partial charge in [0, 0.05) is 12.4 Å². The van der Waals surface area contributed by atoms with Gasteiger partial charge in [0.15, 0.2) is 0 Å². The molecule has 0 radical (unpaired) electrons. The van der Waals surface area contributed by atoms with E-state index >= 15 is 0 Å². The van der Waals surface area contributed by atoms with E-state index in [-0.39, 0.29) is 6.04 Å². The van der Waals surface area contributed by atoms with Gasteiger partial charge in [-0.3, -0.25) is 4.98 Å². The Bertz CT molecular complexity index is 462. The maximum Gasteiger partial charge on any atom is 0.249 e. The molecule has 0 aromatic carbocycles. The fourth-order valence-electron chi connectivity index (χ4n) is 1.88. The van der Waals surface area contributed by atoms with Gasteiger partial charge in [0.05, 0.1) is 11.6 Å². The molecule has 16 heavy (non-hydrogen) atoms. The van der Waals surface area contributed by atoms with Crippen molar-refractivity contribution in [1.29, 1.82) is 0 Å². The Morgan fingerprint density at radius 1 is 1.38 bits per heavy atom. The van der Waals surface area contributed by atoms with Crippen molar-refractivity contribution in [3.05, 3.63) is 30.4 Å². The van der Waals surface area contributed by atoms with Gasteiger partial charge >= 0.3 is 0 Å². The molecular formula is C11H12N4O. The molecule has 2 aromatic rings. The number of pyridine rings is 1. The number of aromatic nitrogens is 3. The SMILES string of the molecule is c1cncc(-c2nnc([C@H]3CCCN3)o2)c1. The van der Waals surface area contributed by atoms with Gasteiger partial charge in [0.1, 0.15) is 0 Å². The normalized spacial score (nSPS) is 20.1. The van der Waals surface area contributed by atoms with Gasteiger partial charge in [-0.05, 0) is 31.5 Å². The zero-order valence-corrected chi connectivity index (χ0v) is 8.76. The highest BCUT2D eigenvalue weighted by molar-refractivity contribution is 5.49. The lowest BCUT2D eigenvalue weighted by molar-refractivity contribution is 0.437. The third-order valence-electron chi connectivity index (χ3n) is 2.71. The predicted molar refractivity (Wildman–Crippen MR) is 57.5 cm³/mol. The molecule has 3 heterocycles. The van der Waals surface area contributed by atoms with E-state index in [1.807, 2.05) is 12.1 Å². The Kier molecular flexibility index (Phi) is 2.38. The largest absolute Gasteiger partial charge is 0.419 e. The van der Waals surface area contributed by atoms with Crippen LogP contribution >= 0.6 is 0 Å². The number of hydrogen-bond donors (Lipinski definition) is 1. The van der Waals surface area contributed by atoms with Crippen LogP contribution in [0.25, 0.3) is 11.5 Å². The molecule has 1 saturated heterocycles. The molecule has 82 valence electrons. The quantitative estimate of drug-likeness (QED) is 0.825. The van der Waals surface area contributed by atoms with Crippen molar-refractivity contribution in [2.24, 2.45) is 0 Å². The minimum atomic E-state index is 0.220. The lowest BCUT2D eigenvalue weighted by Crippen LogP contribution is -2.12. The summed E-state index contributed by atoms with van der Waals surface area (Å²) in [5.74, 6) is 1.22. The molecule has 1 fully saturated rings. The zero-order valence-electron chi connectivity index (χ0n) is 8.76. The summed E-state index contributed by atoms with van der Waals surface area (Å²) in [4.78, 5) is 4.02. The zero-order chi connectivity index (χ0) is 10.8. The number of nitrogens with zero attached hydrogens (tertiary/aromatic N) is 3. The first-order valence-electron chi connectivity index (χ1n) is 5.41. The minimum Gasteiger partial charge on any atom is -0.419 e. The average molecular weight is 216 g/mol. The minimum absolute atomic E-state index is 0.220. The predicted octanol–water partition coefficient (Wildman–Crippen LogP) is 1.56. The first kappa shape index (κ1) is 9.47. The van der Waals surface area contributed by atoms with Crippen LogP contribution in [-0.4, -0.2) is 21.7 Å². The monoisotopic (exact) mass is 216 g/mol. The third-order valence-corrected chi connectivity index (χ3v) is 2.71. The number of rotatable bonds is 2. The molecule has 0 saturated carbocycles. The maximum absolute atomic E-state index is 5.63. The second-order valence-corrected chi connectivity index (χ2v) is 3.84. The molecule has 1 atom stereocenters. The van der Waals surface area contributed by atoms with E-state index in [2.05, 4.69) is 20.5 Å². The van der Waals surface area contributed by atoms with Crippen molar-refractivity contribution in [3.8, 4) is 11.5 Å². The van der Waals surface area contributed by atoms with Gasteiger partial charge in [-0.2, -0.15) is 0 Å². The van der Waals surface area contributed by atoms with E-state index in [0.29, 0.717) is 11.8 Å². The third kappa shape index (κ3) is 1.69. The van der Waals surface area contributed by atoms with Gasteiger partial charge < -0.3 is 9.73 Å². The molecule has 3 rings (SSSR count). The molecule has 2 aromatic heterocycles. The average Bonchev–Trinajstić information content (AvgIpc) is 3.01. The molecule has 1 aliphatic heterocycles. The van der Waals surface area contributed by atoms with Crippen LogP contribution in [0.4, 0.5) is 0 Å². The van der Waals surface area contributed by atoms with Crippen LogP contribution in [0, 0.1) is 0 Å². The molecule has 0 spiro atoms. The molecule has 0 unspecified atom stereocenters. The summed E-state index contributed by atoms with van der Waals surface area (Å²) in [6.45, 7) is 1.02. The van der Waals surface area contributed by atoms with E-state index in [4.69, 9.17) is 4.42 Å². The second-order valence-electron chi connectivity index (χ2n) is 3.84. The Hall–Kier alpha value is -1.75. The summed E-state index contributed by atoms with van der Waals surface area (Å²) >= 11 is 0. The fourth-order valence-corrected chi connectivity index (χ4v) is 1.88. The van der Waals surface area contributed by atoms with Crippen LogP contribution in [0.15, 0.2) is 28.9 Å². The van der Waals surface area contributed by atoms with Crippen LogP contribution in [0.5, 0.6) is 0 Å². The molecule has 1 N–H and O–H groups in total. The van der Waals surface area contributed by atoms with Crippen molar-refractivity contribution < 1.29 is 4.42 Å². The number of hydrogen-bond acceptors (Lipinski definition) is 5. The smallest absolute Gasteiger partial charge is 0.249 e. The molecule has 0 bridgehead atoms. The summed E-state index contributed by atoms with van der Waals surface area (Å²) in [5.41, 5.74) is 0.860. The standard InChI is InChI=1S/C11H12N4O/c1-3-8(7-12-5-1)10-14-15-11(16-10)9-4-2-6-13-9/h1,3,5,7,9,13H,2,4,6H2/t9-/m1/s1. The lowest BCUT2D eigenvalue weighted by Gasteiger charge is -2.02. The van der Waals surface area contributed by atoms with E-state index in [1.54, 1.807) is 12.4 Å². The van der Waals surface area contributed by atoms with E-state index in [0.717, 1.165) is 24.9 Å². The summed E-state index contributed by atoms with van der Waals surface area (Å²) in [7, 11) is 0. The van der Waals surface area contributed by atoms with Crippen molar-refractivity contribution in [3.63, 3.8) is 0 Å². The van der Waals surface area contributed by atoms with E-state index in [1.165, 1.54) is 0 Å². The highest BCUT2D eigenvalue weighted by atomic mass is 16.4. The van der Waals surface area contributed by atoms with Gasteiger partial charge in [-0.1, -0.05) is 0 Å². The first-order chi connectivity index (χ1) is 7.93. The van der Waals surface area contributed by atoms with E-state index in [9.17, 15) is 0 Å². The molecular weight excluding hydrogens is 204 g/mol. The van der Waals surface area contributed by atoms with Crippen molar-refractivity contribution in [1.82, 2.24) is 20.5 Å². The summed E-state index contributed by atoms with van der Waals surface area (Å²) < 4.78 is 5.63. The Balaban J connectivity index is 1.87. The van der Waals surface area contributed by atoms with Crippen molar-refractivity contribution in [2.75, 3.05) is 6.54 Å². The van der Waals surface area contributed by atoms with Gasteiger partial charge in [-0.15, -0.1) is 10.2 Å². The highest BCUT2D eigenvalue weighted by Gasteiger charge is 2.22. The Morgan fingerprint density at radius 2 is 2.38 bits per heavy atom. The van der Waals surface area contributed by atoms with E-state index < -0.39 is 0 Å². The van der Waals surface area contributed by atoms with Crippen LogP contribution < -0.4 is 5.32 Å². The lowest BCUT2D eigenvalue weighted by atomic mass is 10.2. The molecule has 5 nitrogen and oxygen atoms in total. The maximum atomic E-state index is 5.63. The van der Waals surface area contributed by atoms with Gasteiger partial charge in [0.25, 0.3) is 0 Å². The van der Waals surface area contributed by atoms with Crippen LogP contribution in [0.2, 0.25) is 0 Å². The van der Waals surface area contributed by atoms with Crippen molar-refractivity contribution in [2.45, 2.75) is 18.9 Å². The summed E-state index contributed by atoms with van der Waals surface area (Å²) in [6, 6.07) is 3.98. The Morgan fingerprint density at radius 3 is 3.12 bits per heavy atom. The highest BCUT2D eigenvalue weighted by Crippen LogP contribution is 2.24. The van der Waals surface area contributed by atoms with Crippen LogP contribution in [0.1, 0.15) is 24.8 Å². The number of nitrogens with one attached hydrogen (secondary N) is 1. The van der Waals surface area contributed by atoms with Crippen LogP contribution in [-0.2, 0) is 0 Å². The second kappa shape index (κ2) is 4.02. The molecule has 0 aliphatic carbocycles. The van der Waals surface area contributed by atoms with Gasteiger partial charge in [-0.25, -0.2) is 0 Å². The summed E-state index contributed by atoms with van der Waals surface area (Å²) in [6.07, 6.45) is 5.67. The fraction of sp³-hybridized carbons (Fsp3) is 0.364. The first-order valence-corrected chi connectivity index (χ1v) is 5.41. The van der Waals surface area contributed by atoms with Crippen LogP contribution in [0.3, 0.4) is 0 Å². The molecule has 1 aliphatic rings. The Labute approximate surface area is 92.9 Å². The molecule has 5 heteroatoms. The molecule has 0 amide bonds. The summed E-state index contributed by atoms with van der Waals surface area (Å²) in [5, 5.41) is 11.4. The van der Waals surface area contributed by atoms with Crippen molar-refractivity contribution >= 4 is 0 Å². The topological polar surface area (TPSA) is 63.8 Å². The van der Waals surface area contributed by atoms with Gasteiger partial charge in [0.2, 0.25) is 11.8 Å².